The standard InChI is InChI=1S/C16H13F4NO/c1-9-4-3-5-14(10(9)2)21-15(22)11-6-7-13(17)12(8-11)16(18,19)20/h3-8H,1-2H3,(H,21,22). The SMILES string of the molecule is Cc1cccc(NC(=O)c2ccc(F)c(C(F)(F)F)c2)c1C. The van der Waals surface area contributed by atoms with E-state index in [4.69, 9.17) is 0 Å². The van der Waals surface area contributed by atoms with Gasteiger partial charge in [0.1, 0.15) is 5.82 Å². The predicted octanol–water partition coefficient (Wildman–Crippen LogP) is 4.71. The topological polar surface area (TPSA) is 29.1 Å². The molecule has 1 N–H and O–H groups in total. The molecule has 0 aromatic heterocycles. The maximum absolute atomic E-state index is 13.2. The second-order valence-corrected chi connectivity index (χ2v) is 4.89. The van der Waals surface area contributed by atoms with Gasteiger partial charge in [-0.1, -0.05) is 12.1 Å². The summed E-state index contributed by atoms with van der Waals surface area (Å²) < 4.78 is 51.2. The van der Waals surface area contributed by atoms with Gasteiger partial charge in [0.25, 0.3) is 5.91 Å². The van der Waals surface area contributed by atoms with E-state index in [0.29, 0.717) is 17.8 Å². The fraction of sp³-hybridized carbons (Fsp3) is 0.188. The largest absolute Gasteiger partial charge is 0.419 e. The van der Waals surface area contributed by atoms with Crippen molar-refractivity contribution < 1.29 is 22.4 Å². The number of alkyl halides is 3. The molecule has 116 valence electrons. The number of aryl methyl sites for hydroxylation is 1. The summed E-state index contributed by atoms with van der Waals surface area (Å²) in [5, 5.41) is 2.54. The van der Waals surface area contributed by atoms with Gasteiger partial charge in [-0.25, -0.2) is 4.39 Å². The van der Waals surface area contributed by atoms with Gasteiger partial charge in [-0.2, -0.15) is 13.2 Å². The van der Waals surface area contributed by atoms with Crippen LogP contribution in [0.3, 0.4) is 0 Å². The lowest BCUT2D eigenvalue weighted by Crippen LogP contribution is -2.16. The van der Waals surface area contributed by atoms with E-state index < -0.39 is 23.5 Å². The van der Waals surface area contributed by atoms with Crippen molar-refractivity contribution in [2.75, 3.05) is 5.32 Å². The van der Waals surface area contributed by atoms with Gasteiger partial charge in [-0.3, -0.25) is 4.79 Å². The van der Waals surface area contributed by atoms with Crippen LogP contribution in [-0.2, 0) is 6.18 Å². The Hall–Kier alpha value is -2.37. The molecule has 22 heavy (non-hydrogen) atoms. The average Bonchev–Trinajstić information content (AvgIpc) is 2.43. The predicted molar refractivity (Wildman–Crippen MR) is 75.3 cm³/mol. The van der Waals surface area contributed by atoms with Crippen LogP contribution in [0.5, 0.6) is 0 Å². The smallest absolute Gasteiger partial charge is 0.322 e. The minimum Gasteiger partial charge on any atom is -0.322 e. The summed E-state index contributed by atoms with van der Waals surface area (Å²) in [7, 11) is 0. The number of carbonyl (C=O) groups is 1. The Balaban J connectivity index is 2.33. The van der Waals surface area contributed by atoms with E-state index in [1.807, 2.05) is 13.0 Å². The zero-order valence-electron chi connectivity index (χ0n) is 11.9. The van der Waals surface area contributed by atoms with Gasteiger partial charge in [0, 0.05) is 11.3 Å². The molecule has 0 bridgehead atoms. The van der Waals surface area contributed by atoms with Crippen LogP contribution in [0.1, 0.15) is 27.0 Å². The molecule has 2 nitrogen and oxygen atoms in total. The zero-order valence-corrected chi connectivity index (χ0v) is 11.9. The molecule has 0 atom stereocenters. The lowest BCUT2D eigenvalue weighted by Gasteiger charge is -2.12. The number of carbonyl (C=O) groups excluding carboxylic acids is 1. The Morgan fingerprint density at radius 3 is 2.41 bits per heavy atom. The van der Waals surface area contributed by atoms with Crippen LogP contribution in [0.2, 0.25) is 0 Å². The van der Waals surface area contributed by atoms with Crippen molar-refractivity contribution in [1.82, 2.24) is 0 Å². The van der Waals surface area contributed by atoms with E-state index in [2.05, 4.69) is 5.32 Å². The number of amides is 1. The van der Waals surface area contributed by atoms with Crippen LogP contribution in [-0.4, -0.2) is 5.91 Å². The molecule has 0 aliphatic rings. The van der Waals surface area contributed by atoms with E-state index in [0.717, 1.165) is 17.2 Å². The van der Waals surface area contributed by atoms with Crippen LogP contribution in [0.4, 0.5) is 23.2 Å². The van der Waals surface area contributed by atoms with Crippen molar-refractivity contribution in [3.63, 3.8) is 0 Å². The van der Waals surface area contributed by atoms with E-state index in [9.17, 15) is 22.4 Å². The highest BCUT2D eigenvalue weighted by atomic mass is 19.4. The Bertz CT molecular complexity index is 723. The van der Waals surface area contributed by atoms with Gasteiger partial charge < -0.3 is 5.32 Å². The summed E-state index contributed by atoms with van der Waals surface area (Å²) in [5.74, 6) is -2.13. The van der Waals surface area contributed by atoms with Gasteiger partial charge >= 0.3 is 6.18 Å². The summed E-state index contributed by atoms with van der Waals surface area (Å²) in [4.78, 5) is 12.1. The summed E-state index contributed by atoms with van der Waals surface area (Å²) in [5.41, 5.74) is 0.542. The Labute approximate surface area is 124 Å². The van der Waals surface area contributed by atoms with Crippen molar-refractivity contribution in [3.05, 3.63) is 64.5 Å². The zero-order chi connectivity index (χ0) is 16.5. The first-order chi connectivity index (χ1) is 10.2. The maximum Gasteiger partial charge on any atom is 0.419 e. The minimum absolute atomic E-state index is 0.255. The molecule has 0 radical (unpaired) electrons. The first kappa shape index (κ1) is 16.0. The minimum atomic E-state index is -4.85. The van der Waals surface area contributed by atoms with Gasteiger partial charge in [0.15, 0.2) is 0 Å². The van der Waals surface area contributed by atoms with Gasteiger partial charge in [0.05, 0.1) is 5.56 Å². The Kier molecular flexibility index (Phi) is 4.21. The summed E-state index contributed by atoms with van der Waals surface area (Å²) in [6.07, 6.45) is -4.85. The van der Waals surface area contributed by atoms with Crippen molar-refractivity contribution >= 4 is 11.6 Å². The number of rotatable bonds is 2. The molecule has 6 heteroatoms. The highest BCUT2D eigenvalue weighted by Crippen LogP contribution is 2.32. The number of anilines is 1. The molecule has 0 saturated heterocycles. The molecule has 0 saturated carbocycles. The number of hydrogen-bond acceptors (Lipinski definition) is 1. The van der Waals surface area contributed by atoms with Crippen LogP contribution in [0.15, 0.2) is 36.4 Å². The van der Waals surface area contributed by atoms with Crippen molar-refractivity contribution in [2.24, 2.45) is 0 Å². The number of nitrogens with one attached hydrogen (secondary N) is 1. The first-order valence-corrected chi connectivity index (χ1v) is 6.44. The number of hydrogen-bond donors (Lipinski definition) is 1. The van der Waals surface area contributed by atoms with Gasteiger partial charge in [-0.05, 0) is 49.2 Å². The molecule has 0 aliphatic carbocycles. The van der Waals surface area contributed by atoms with Crippen LogP contribution in [0.25, 0.3) is 0 Å². The molecular weight excluding hydrogens is 298 g/mol. The summed E-state index contributed by atoms with van der Waals surface area (Å²) in [6.45, 7) is 3.64. The average molecular weight is 311 g/mol. The van der Waals surface area contributed by atoms with Crippen LogP contribution < -0.4 is 5.32 Å². The molecule has 2 rings (SSSR count). The lowest BCUT2D eigenvalue weighted by molar-refractivity contribution is -0.140. The van der Waals surface area contributed by atoms with Crippen molar-refractivity contribution in [3.8, 4) is 0 Å². The fourth-order valence-corrected chi connectivity index (χ4v) is 1.96. The van der Waals surface area contributed by atoms with Gasteiger partial charge in [-0.15, -0.1) is 0 Å². The van der Waals surface area contributed by atoms with Crippen LogP contribution in [0, 0.1) is 19.7 Å². The third-order valence-corrected chi connectivity index (χ3v) is 3.39. The summed E-state index contributed by atoms with van der Waals surface area (Å²) >= 11 is 0. The molecule has 0 spiro atoms. The molecule has 0 aliphatic heterocycles. The van der Waals surface area contributed by atoms with Crippen molar-refractivity contribution in [1.29, 1.82) is 0 Å². The number of benzene rings is 2. The second-order valence-electron chi connectivity index (χ2n) is 4.89. The molecule has 0 unspecified atom stereocenters. The second kappa shape index (κ2) is 5.79. The Morgan fingerprint density at radius 1 is 1.09 bits per heavy atom. The van der Waals surface area contributed by atoms with E-state index >= 15 is 0 Å². The third-order valence-electron chi connectivity index (χ3n) is 3.39. The van der Waals surface area contributed by atoms with E-state index in [1.54, 1.807) is 19.1 Å². The molecular formula is C16H13F4NO. The molecule has 2 aromatic rings. The fourth-order valence-electron chi connectivity index (χ4n) is 1.96. The number of halogens is 4. The van der Waals surface area contributed by atoms with E-state index in [1.165, 1.54) is 0 Å². The summed E-state index contributed by atoms with van der Waals surface area (Å²) in [6, 6.07) is 7.39. The first-order valence-electron chi connectivity index (χ1n) is 6.44. The van der Waals surface area contributed by atoms with Crippen molar-refractivity contribution in [2.45, 2.75) is 20.0 Å². The molecule has 0 fully saturated rings. The molecule has 2 aromatic carbocycles. The normalized spacial score (nSPS) is 11.4. The molecule has 0 heterocycles. The van der Waals surface area contributed by atoms with Gasteiger partial charge in [0.2, 0.25) is 0 Å². The highest BCUT2D eigenvalue weighted by molar-refractivity contribution is 6.04. The third kappa shape index (κ3) is 3.27. The lowest BCUT2D eigenvalue weighted by atomic mass is 10.1. The monoisotopic (exact) mass is 311 g/mol. The van der Waals surface area contributed by atoms with Crippen LogP contribution >= 0.6 is 0 Å². The Morgan fingerprint density at radius 2 is 1.77 bits per heavy atom. The highest BCUT2D eigenvalue weighted by Gasteiger charge is 2.34. The molecule has 1 amide bonds. The quantitative estimate of drug-likeness (QED) is 0.799. The maximum atomic E-state index is 13.2. The van der Waals surface area contributed by atoms with E-state index in [-0.39, 0.29) is 5.56 Å².